The molecule has 2 heterocycles. The quantitative estimate of drug-likeness (QED) is 0.800. The standard InChI is InChI=1S/C10H17N3O2/c1-6(2)13-9(11-12-10(13)14)8-7(3)4-5-15-8/h6-8H,4-5H2,1-3H3,(H,12,14)/t7-,8+/m1/s1. The molecule has 5 heteroatoms. The monoisotopic (exact) mass is 211 g/mol. The van der Waals surface area contributed by atoms with Crippen molar-refractivity contribution < 1.29 is 4.74 Å². The first-order valence-electron chi connectivity index (χ1n) is 5.39. The van der Waals surface area contributed by atoms with Crippen LogP contribution in [0, 0.1) is 5.92 Å². The van der Waals surface area contributed by atoms with Crippen molar-refractivity contribution in [3.63, 3.8) is 0 Å². The molecule has 0 aromatic carbocycles. The third kappa shape index (κ3) is 1.71. The van der Waals surface area contributed by atoms with E-state index >= 15 is 0 Å². The first kappa shape index (κ1) is 10.4. The van der Waals surface area contributed by atoms with Gasteiger partial charge in [0, 0.05) is 12.6 Å². The van der Waals surface area contributed by atoms with Crippen LogP contribution < -0.4 is 5.69 Å². The van der Waals surface area contributed by atoms with Crippen LogP contribution in [0.3, 0.4) is 0 Å². The molecule has 1 aromatic heterocycles. The van der Waals surface area contributed by atoms with Crippen molar-refractivity contribution in [1.82, 2.24) is 14.8 Å². The Balaban J connectivity index is 2.39. The van der Waals surface area contributed by atoms with Crippen LogP contribution in [0.2, 0.25) is 0 Å². The summed E-state index contributed by atoms with van der Waals surface area (Å²) in [5, 5.41) is 6.56. The highest BCUT2D eigenvalue weighted by Gasteiger charge is 2.31. The van der Waals surface area contributed by atoms with Crippen LogP contribution in [-0.2, 0) is 4.74 Å². The first-order valence-corrected chi connectivity index (χ1v) is 5.39. The van der Waals surface area contributed by atoms with Gasteiger partial charge in [0.25, 0.3) is 0 Å². The van der Waals surface area contributed by atoms with E-state index in [9.17, 15) is 4.79 Å². The average molecular weight is 211 g/mol. The van der Waals surface area contributed by atoms with Crippen molar-refractivity contribution in [2.75, 3.05) is 6.61 Å². The Labute approximate surface area is 88.4 Å². The molecule has 0 unspecified atom stereocenters. The normalized spacial score (nSPS) is 26.4. The predicted molar refractivity (Wildman–Crippen MR) is 55.7 cm³/mol. The van der Waals surface area contributed by atoms with Crippen molar-refractivity contribution in [2.24, 2.45) is 5.92 Å². The highest BCUT2D eigenvalue weighted by Crippen LogP contribution is 2.32. The maximum Gasteiger partial charge on any atom is 0.343 e. The van der Waals surface area contributed by atoms with Crippen molar-refractivity contribution >= 4 is 0 Å². The lowest BCUT2D eigenvalue weighted by atomic mass is 10.0. The van der Waals surface area contributed by atoms with Crippen LogP contribution in [0.15, 0.2) is 4.79 Å². The Morgan fingerprint density at radius 1 is 1.60 bits per heavy atom. The summed E-state index contributed by atoms with van der Waals surface area (Å²) in [4.78, 5) is 11.5. The third-order valence-corrected chi connectivity index (χ3v) is 2.89. The number of hydrogen-bond donors (Lipinski definition) is 1. The van der Waals surface area contributed by atoms with Crippen molar-refractivity contribution in [3.8, 4) is 0 Å². The molecule has 0 radical (unpaired) electrons. The second kappa shape index (κ2) is 3.81. The Bertz CT molecular complexity index is 394. The van der Waals surface area contributed by atoms with Crippen LogP contribution in [0.1, 0.15) is 45.2 Å². The Morgan fingerprint density at radius 3 is 2.87 bits per heavy atom. The Hall–Kier alpha value is -1.10. The van der Waals surface area contributed by atoms with E-state index in [2.05, 4.69) is 17.1 Å². The van der Waals surface area contributed by atoms with E-state index in [1.807, 2.05) is 13.8 Å². The number of ether oxygens (including phenoxy) is 1. The summed E-state index contributed by atoms with van der Waals surface area (Å²) in [5.41, 5.74) is -0.150. The summed E-state index contributed by atoms with van der Waals surface area (Å²) in [6, 6.07) is 0.114. The lowest BCUT2D eigenvalue weighted by Crippen LogP contribution is -2.23. The molecule has 15 heavy (non-hydrogen) atoms. The molecular formula is C10H17N3O2. The van der Waals surface area contributed by atoms with Gasteiger partial charge in [-0.05, 0) is 26.2 Å². The number of aromatic nitrogens is 3. The van der Waals surface area contributed by atoms with Gasteiger partial charge in [-0.15, -0.1) is 0 Å². The highest BCUT2D eigenvalue weighted by molar-refractivity contribution is 4.97. The maximum atomic E-state index is 11.5. The van der Waals surface area contributed by atoms with E-state index in [0.29, 0.717) is 5.92 Å². The summed E-state index contributed by atoms with van der Waals surface area (Å²) >= 11 is 0. The lowest BCUT2D eigenvalue weighted by molar-refractivity contribution is 0.0828. The van der Waals surface area contributed by atoms with Gasteiger partial charge in [0.15, 0.2) is 5.82 Å². The molecule has 0 saturated carbocycles. The number of rotatable bonds is 2. The van der Waals surface area contributed by atoms with Gasteiger partial charge in [0.1, 0.15) is 6.10 Å². The molecule has 2 rings (SSSR count). The molecule has 1 aliphatic rings. The average Bonchev–Trinajstić information content (AvgIpc) is 2.71. The molecule has 1 aromatic rings. The zero-order valence-electron chi connectivity index (χ0n) is 9.36. The largest absolute Gasteiger partial charge is 0.370 e. The first-order chi connectivity index (χ1) is 7.11. The fourth-order valence-electron chi connectivity index (χ4n) is 2.04. The van der Waals surface area contributed by atoms with Crippen LogP contribution in [0.25, 0.3) is 0 Å². The van der Waals surface area contributed by atoms with Gasteiger partial charge in [-0.3, -0.25) is 4.57 Å². The molecule has 0 amide bonds. The van der Waals surface area contributed by atoms with Crippen LogP contribution in [0.4, 0.5) is 0 Å². The number of hydrogen-bond acceptors (Lipinski definition) is 3. The number of H-pyrrole nitrogens is 1. The van der Waals surface area contributed by atoms with Gasteiger partial charge in [-0.2, -0.15) is 5.10 Å². The third-order valence-electron chi connectivity index (χ3n) is 2.89. The Kier molecular flexibility index (Phi) is 2.65. The van der Waals surface area contributed by atoms with Gasteiger partial charge in [0.05, 0.1) is 0 Å². The Morgan fingerprint density at radius 2 is 2.33 bits per heavy atom. The smallest absolute Gasteiger partial charge is 0.343 e. The molecule has 1 fully saturated rings. The minimum atomic E-state index is -0.150. The maximum absolute atomic E-state index is 11.5. The van der Waals surface area contributed by atoms with E-state index in [1.54, 1.807) is 4.57 Å². The number of nitrogens with one attached hydrogen (secondary N) is 1. The molecule has 84 valence electrons. The number of aromatic amines is 1. The summed E-state index contributed by atoms with van der Waals surface area (Å²) in [5.74, 6) is 1.16. The van der Waals surface area contributed by atoms with Crippen LogP contribution in [0.5, 0.6) is 0 Å². The summed E-state index contributed by atoms with van der Waals surface area (Å²) in [6.07, 6.45) is 0.996. The second-order valence-electron chi connectivity index (χ2n) is 4.41. The summed E-state index contributed by atoms with van der Waals surface area (Å²) in [7, 11) is 0. The molecule has 0 aliphatic carbocycles. The van der Waals surface area contributed by atoms with Gasteiger partial charge < -0.3 is 4.74 Å². The topological polar surface area (TPSA) is 59.9 Å². The minimum absolute atomic E-state index is 0.0358. The predicted octanol–water partition coefficient (Wildman–Crippen LogP) is 1.25. The highest BCUT2D eigenvalue weighted by atomic mass is 16.5. The molecule has 0 bridgehead atoms. The SMILES string of the molecule is CC(C)n1c([C@H]2OCC[C@H]2C)n[nH]c1=O. The molecule has 1 aliphatic heterocycles. The van der Waals surface area contributed by atoms with E-state index in [-0.39, 0.29) is 17.8 Å². The van der Waals surface area contributed by atoms with Crippen molar-refractivity contribution in [2.45, 2.75) is 39.3 Å². The van der Waals surface area contributed by atoms with E-state index in [1.165, 1.54) is 0 Å². The zero-order chi connectivity index (χ0) is 11.0. The molecule has 2 atom stereocenters. The molecule has 0 spiro atoms. The molecule has 1 N–H and O–H groups in total. The van der Waals surface area contributed by atoms with Crippen LogP contribution in [-0.4, -0.2) is 21.4 Å². The van der Waals surface area contributed by atoms with Gasteiger partial charge >= 0.3 is 5.69 Å². The summed E-state index contributed by atoms with van der Waals surface area (Å²) in [6.45, 7) is 6.83. The second-order valence-corrected chi connectivity index (χ2v) is 4.41. The zero-order valence-corrected chi connectivity index (χ0v) is 9.36. The summed E-state index contributed by atoms with van der Waals surface area (Å²) < 4.78 is 7.29. The number of nitrogens with zero attached hydrogens (tertiary/aromatic N) is 2. The molecule has 1 saturated heterocycles. The van der Waals surface area contributed by atoms with Gasteiger partial charge in [0.2, 0.25) is 0 Å². The lowest BCUT2D eigenvalue weighted by Gasteiger charge is -2.16. The van der Waals surface area contributed by atoms with E-state index < -0.39 is 0 Å². The molecule has 5 nitrogen and oxygen atoms in total. The van der Waals surface area contributed by atoms with E-state index in [4.69, 9.17) is 4.74 Å². The van der Waals surface area contributed by atoms with Crippen molar-refractivity contribution in [1.29, 1.82) is 0 Å². The fraction of sp³-hybridized carbons (Fsp3) is 0.800. The van der Waals surface area contributed by atoms with Crippen molar-refractivity contribution in [3.05, 3.63) is 16.3 Å². The minimum Gasteiger partial charge on any atom is -0.370 e. The molecular weight excluding hydrogens is 194 g/mol. The van der Waals surface area contributed by atoms with Crippen LogP contribution >= 0.6 is 0 Å². The van der Waals surface area contributed by atoms with Gasteiger partial charge in [-0.25, -0.2) is 9.89 Å². The fourth-order valence-corrected chi connectivity index (χ4v) is 2.04. The van der Waals surface area contributed by atoms with Gasteiger partial charge in [-0.1, -0.05) is 6.92 Å². The van der Waals surface area contributed by atoms with E-state index in [0.717, 1.165) is 18.9 Å².